The van der Waals surface area contributed by atoms with Crippen LogP contribution in [0.2, 0.25) is 0 Å². The second-order valence-corrected chi connectivity index (χ2v) is 4.84. The van der Waals surface area contributed by atoms with Crippen LogP contribution < -0.4 is 9.44 Å². The quantitative estimate of drug-likeness (QED) is 0.613. The number of hydrogen-bond donors (Lipinski definition) is 2. The highest BCUT2D eigenvalue weighted by molar-refractivity contribution is 7.81. The number of likely N-dealkylation sites (tertiary alicyclic amines) is 1. The summed E-state index contributed by atoms with van der Waals surface area (Å²) in [5.41, 5.74) is 0.0812. The Morgan fingerprint density at radius 3 is 2.64 bits per heavy atom. The average Bonchev–Trinajstić information content (AvgIpc) is 2.50. The Morgan fingerprint density at radius 1 is 1.43 bits per heavy atom. The maximum atomic E-state index is 11.1. The van der Waals surface area contributed by atoms with Gasteiger partial charge in [0.05, 0.1) is 5.54 Å². The van der Waals surface area contributed by atoms with Crippen LogP contribution in [0.3, 0.4) is 0 Å². The third kappa shape index (κ3) is 2.76. The van der Waals surface area contributed by atoms with E-state index in [0.717, 1.165) is 26.1 Å². The standard InChI is InChI=1S/C7H15N3OS.C2H6/c1-10-4-2-3-7(6-10)5-8-12(11)9-7;1-2/h8-9H,2-6H2,1H3;1-2H3. The van der Waals surface area contributed by atoms with Crippen molar-refractivity contribution < 1.29 is 4.21 Å². The monoisotopic (exact) mass is 219 g/mol. The Hall–Kier alpha value is 0.0300. The summed E-state index contributed by atoms with van der Waals surface area (Å²) in [5, 5.41) is 0. The molecule has 2 unspecified atom stereocenters. The van der Waals surface area contributed by atoms with E-state index in [1.54, 1.807) is 0 Å². The van der Waals surface area contributed by atoms with E-state index in [0.29, 0.717) is 0 Å². The molecule has 4 nitrogen and oxygen atoms in total. The zero-order valence-electron chi connectivity index (χ0n) is 9.30. The minimum absolute atomic E-state index is 0.0812. The predicted molar refractivity (Wildman–Crippen MR) is 60.1 cm³/mol. The van der Waals surface area contributed by atoms with Crippen molar-refractivity contribution in [3.8, 4) is 0 Å². The Labute approximate surface area is 89.2 Å². The van der Waals surface area contributed by atoms with E-state index in [9.17, 15) is 4.21 Å². The van der Waals surface area contributed by atoms with Gasteiger partial charge in [-0.1, -0.05) is 13.8 Å². The first-order valence-corrected chi connectivity index (χ1v) is 6.47. The summed E-state index contributed by atoms with van der Waals surface area (Å²) in [4.78, 5) is 2.29. The number of nitrogens with one attached hydrogen (secondary N) is 2. The summed E-state index contributed by atoms with van der Waals surface area (Å²) < 4.78 is 17.1. The van der Waals surface area contributed by atoms with Gasteiger partial charge in [-0.3, -0.25) is 0 Å². The minimum atomic E-state index is -1.00. The lowest BCUT2D eigenvalue weighted by Crippen LogP contribution is -2.54. The number of piperidine rings is 1. The van der Waals surface area contributed by atoms with Crippen molar-refractivity contribution >= 4 is 11.2 Å². The van der Waals surface area contributed by atoms with Gasteiger partial charge in [-0.25, -0.2) is 13.7 Å². The van der Waals surface area contributed by atoms with Gasteiger partial charge in [-0.2, -0.15) is 0 Å². The Kier molecular flexibility index (Phi) is 4.50. The smallest absolute Gasteiger partial charge is 0.167 e. The molecule has 0 radical (unpaired) electrons. The molecule has 0 aliphatic carbocycles. The molecular formula is C9H21N3OS. The zero-order chi connectivity index (χ0) is 10.6. The van der Waals surface area contributed by atoms with Crippen molar-refractivity contribution in [2.24, 2.45) is 0 Å². The van der Waals surface area contributed by atoms with E-state index in [2.05, 4.69) is 21.4 Å². The van der Waals surface area contributed by atoms with Crippen LogP contribution in [0.1, 0.15) is 26.7 Å². The second kappa shape index (κ2) is 5.21. The van der Waals surface area contributed by atoms with Gasteiger partial charge in [0.25, 0.3) is 0 Å². The third-order valence-electron chi connectivity index (χ3n) is 2.62. The van der Waals surface area contributed by atoms with Gasteiger partial charge >= 0.3 is 0 Å². The largest absolute Gasteiger partial charge is 0.304 e. The van der Waals surface area contributed by atoms with Gasteiger partial charge in [0.2, 0.25) is 0 Å². The summed E-state index contributed by atoms with van der Waals surface area (Å²) in [6.45, 7) is 7.01. The Morgan fingerprint density at radius 2 is 2.14 bits per heavy atom. The first kappa shape index (κ1) is 12.1. The average molecular weight is 219 g/mol. The van der Waals surface area contributed by atoms with Crippen LogP contribution in [0.15, 0.2) is 0 Å². The van der Waals surface area contributed by atoms with Gasteiger partial charge in [0.15, 0.2) is 11.2 Å². The summed E-state index contributed by atoms with van der Waals surface area (Å²) in [6, 6.07) is 0. The summed E-state index contributed by atoms with van der Waals surface area (Å²) in [5.74, 6) is 0. The molecule has 2 rings (SSSR count). The Bertz CT molecular complexity index is 212. The molecule has 5 heteroatoms. The van der Waals surface area contributed by atoms with E-state index in [-0.39, 0.29) is 5.54 Å². The first-order valence-electron chi connectivity index (χ1n) is 5.32. The molecule has 0 saturated carbocycles. The molecule has 0 bridgehead atoms. The molecular weight excluding hydrogens is 198 g/mol. The molecule has 0 aromatic carbocycles. The van der Waals surface area contributed by atoms with Crippen molar-refractivity contribution in [3.05, 3.63) is 0 Å². The fourth-order valence-electron chi connectivity index (χ4n) is 2.06. The zero-order valence-corrected chi connectivity index (χ0v) is 10.1. The van der Waals surface area contributed by atoms with Crippen molar-refractivity contribution in [3.63, 3.8) is 0 Å². The fraction of sp³-hybridized carbons (Fsp3) is 1.00. The highest BCUT2D eigenvalue weighted by Gasteiger charge is 2.39. The lowest BCUT2D eigenvalue weighted by molar-refractivity contribution is 0.177. The highest BCUT2D eigenvalue weighted by atomic mass is 32.2. The molecule has 1 spiro atoms. The van der Waals surface area contributed by atoms with Crippen molar-refractivity contribution in [1.29, 1.82) is 0 Å². The molecule has 2 atom stereocenters. The van der Waals surface area contributed by atoms with Crippen LogP contribution in [0.5, 0.6) is 0 Å². The van der Waals surface area contributed by atoms with E-state index < -0.39 is 11.2 Å². The van der Waals surface area contributed by atoms with Crippen molar-refractivity contribution in [2.75, 3.05) is 26.7 Å². The van der Waals surface area contributed by atoms with Gasteiger partial charge in [0.1, 0.15) is 0 Å². The van der Waals surface area contributed by atoms with Crippen LogP contribution in [-0.2, 0) is 11.2 Å². The lowest BCUT2D eigenvalue weighted by Gasteiger charge is -2.37. The fourth-order valence-corrected chi connectivity index (χ4v) is 3.17. The molecule has 84 valence electrons. The molecule has 2 aliphatic heterocycles. The number of nitrogens with zero attached hydrogens (tertiary/aromatic N) is 1. The minimum Gasteiger partial charge on any atom is -0.304 e. The van der Waals surface area contributed by atoms with Gasteiger partial charge in [-0.15, -0.1) is 0 Å². The first-order chi connectivity index (χ1) is 6.70. The summed E-state index contributed by atoms with van der Waals surface area (Å²) in [6.07, 6.45) is 2.33. The van der Waals surface area contributed by atoms with Gasteiger partial charge in [0, 0.05) is 13.1 Å². The molecule has 0 aromatic heterocycles. The molecule has 0 aromatic rings. The number of likely N-dealkylation sites (N-methyl/N-ethyl adjacent to an activating group) is 1. The van der Waals surface area contributed by atoms with Gasteiger partial charge in [-0.05, 0) is 26.4 Å². The topological polar surface area (TPSA) is 44.4 Å². The molecule has 2 fully saturated rings. The van der Waals surface area contributed by atoms with E-state index in [4.69, 9.17) is 0 Å². The summed E-state index contributed by atoms with van der Waals surface area (Å²) in [7, 11) is 2.11. The number of hydrogen-bond acceptors (Lipinski definition) is 2. The third-order valence-corrected chi connectivity index (χ3v) is 3.64. The Balaban J connectivity index is 0.000000461. The highest BCUT2D eigenvalue weighted by Crippen LogP contribution is 2.22. The predicted octanol–water partition coefficient (Wildman–Crippen LogP) is 0.249. The van der Waals surface area contributed by atoms with Crippen molar-refractivity contribution in [2.45, 2.75) is 32.2 Å². The van der Waals surface area contributed by atoms with Crippen molar-refractivity contribution in [1.82, 2.24) is 14.3 Å². The van der Waals surface area contributed by atoms with E-state index >= 15 is 0 Å². The van der Waals surface area contributed by atoms with E-state index in [1.807, 2.05) is 13.8 Å². The van der Waals surface area contributed by atoms with Crippen LogP contribution in [-0.4, -0.2) is 41.3 Å². The summed E-state index contributed by atoms with van der Waals surface area (Å²) >= 11 is -1.00. The van der Waals surface area contributed by atoms with Gasteiger partial charge < -0.3 is 4.90 Å². The normalized spacial score (nSPS) is 38.1. The SMILES string of the molecule is CC.CN1CCCC2(CNS(=O)N2)C1. The maximum Gasteiger partial charge on any atom is 0.167 e. The van der Waals surface area contributed by atoms with Crippen LogP contribution >= 0.6 is 0 Å². The molecule has 2 N–H and O–H groups in total. The second-order valence-electron chi connectivity index (χ2n) is 3.81. The lowest BCUT2D eigenvalue weighted by atomic mass is 9.91. The molecule has 0 amide bonds. The van der Waals surface area contributed by atoms with Crippen LogP contribution in [0.4, 0.5) is 0 Å². The van der Waals surface area contributed by atoms with Crippen LogP contribution in [0, 0.1) is 0 Å². The maximum absolute atomic E-state index is 11.1. The molecule has 2 aliphatic rings. The molecule has 14 heavy (non-hydrogen) atoms. The van der Waals surface area contributed by atoms with Crippen LogP contribution in [0.25, 0.3) is 0 Å². The molecule has 2 saturated heterocycles. The number of rotatable bonds is 0. The van der Waals surface area contributed by atoms with E-state index in [1.165, 1.54) is 6.42 Å². The molecule has 2 heterocycles.